The minimum Gasteiger partial charge on any atom is -0.467 e. The standard InChI is InChI=1S/C16H21BrClNO2/c1-21-16(20)15(9-11-5-3-2-4-6-11)19-12-7-8-14(18)13(17)10-12/h7-8,10-11,15,19H,2-6,9H2,1H3. The number of anilines is 1. The molecule has 0 aliphatic heterocycles. The Morgan fingerprint density at radius 1 is 1.43 bits per heavy atom. The molecule has 1 aromatic rings. The molecule has 5 heteroatoms. The molecule has 3 nitrogen and oxygen atoms in total. The van der Waals surface area contributed by atoms with Crippen molar-refractivity contribution in [3.8, 4) is 0 Å². The van der Waals surface area contributed by atoms with Gasteiger partial charge >= 0.3 is 5.97 Å². The lowest BCUT2D eigenvalue weighted by Crippen LogP contribution is -2.33. The molecule has 0 heterocycles. The molecule has 0 amide bonds. The monoisotopic (exact) mass is 373 g/mol. The molecule has 116 valence electrons. The zero-order chi connectivity index (χ0) is 15.2. The molecule has 1 atom stereocenters. The Hall–Kier alpha value is -0.740. The highest BCUT2D eigenvalue weighted by atomic mass is 79.9. The van der Waals surface area contributed by atoms with Gasteiger partial charge in [-0.05, 0) is 46.5 Å². The summed E-state index contributed by atoms with van der Waals surface area (Å²) >= 11 is 9.40. The van der Waals surface area contributed by atoms with Gasteiger partial charge in [0.05, 0.1) is 12.1 Å². The van der Waals surface area contributed by atoms with E-state index in [0.29, 0.717) is 10.9 Å². The second kappa shape index (κ2) is 8.04. The van der Waals surface area contributed by atoms with Gasteiger partial charge in [-0.2, -0.15) is 0 Å². The second-order valence-corrected chi connectivity index (χ2v) is 6.85. The Labute approximate surface area is 139 Å². The van der Waals surface area contributed by atoms with Gasteiger partial charge in [0.25, 0.3) is 0 Å². The van der Waals surface area contributed by atoms with Crippen molar-refractivity contribution in [1.29, 1.82) is 0 Å². The van der Waals surface area contributed by atoms with Gasteiger partial charge in [-0.3, -0.25) is 0 Å². The number of halogens is 2. The van der Waals surface area contributed by atoms with Crippen LogP contribution >= 0.6 is 27.5 Å². The van der Waals surface area contributed by atoms with E-state index in [9.17, 15) is 4.79 Å². The normalized spacial score (nSPS) is 17.3. The number of benzene rings is 1. The lowest BCUT2D eigenvalue weighted by molar-refractivity contribution is -0.142. The third kappa shape index (κ3) is 4.89. The maximum absolute atomic E-state index is 12.0. The van der Waals surface area contributed by atoms with Crippen molar-refractivity contribution in [3.63, 3.8) is 0 Å². The van der Waals surface area contributed by atoms with Crippen molar-refractivity contribution in [1.82, 2.24) is 0 Å². The van der Waals surface area contributed by atoms with Crippen LogP contribution in [0.1, 0.15) is 38.5 Å². The number of carbonyl (C=O) groups is 1. The molecule has 1 aliphatic carbocycles. The van der Waals surface area contributed by atoms with Gasteiger partial charge in [-0.25, -0.2) is 4.79 Å². The van der Waals surface area contributed by atoms with Crippen molar-refractivity contribution in [3.05, 3.63) is 27.7 Å². The van der Waals surface area contributed by atoms with E-state index in [2.05, 4.69) is 21.2 Å². The zero-order valence-electron chi connectivity index (χ0n) is 12.2. The number of hydrogen-bond acceptors (Lipinski definition) is 3. The van der Waals surface area contributed by atoms with Crippen molar-refractivity contribution >= 4 is 39.2 Å². The fraction of sp³-hybridized carbons (Fsp3) is 0.562. The minimum absolute atomic E-state index is 0.202. The van der Waals surface area contributed by atoms with E-state index in [4.69, 9.17) is 16.3 Å². The van der Waals surface area contributed by atoms with E-state index < -0.39 is 0 Å². The quantitative estimate of drug-likeness (QED) is 0.735. The van der Waals surface area contributed by atoms with Gasteiger partial charge < -0.3 is 10.1 Å². The number of rotatable bonds is 5. The van der Waals surface area contributed by atoms with Gasteiger partial charge in [0, 0.05) is 10.2 Å². The van der Waals surface area contributed by atoms with E-state index >= 15 is 0 Å². The van der Waals surface area contributed by atoms with Crippen molar-refractivity contribution < 1.29 is 9.53 Å². The van der Waals surface area contributed by atoms with Crippen LogP contribution in [-0.2, 0) is 9.53 Å². The summed E-state index contributed by atoms with van der Waals surface area (Å²) in [6, 6.07) is 5.28. The van der Waals surface area contributed by atoms with E-state index in [0.717, 1.165) is 16.6 Å². The van der Waals surface area contributed by atoms with Crippen LogP contribution in [-0.4, -0.2) is 19.1 Å². The molecule has 0 bridgehead atoms. The summed E-state index contributed by atoms with van der Waals surface area (Å²) in [4.78, 5) is 12.0. The Bertz CT molecular complexity index is 489. The summed E-state index contributed by atoms with van der Waals surface area (Å²) in [5.41, 5.74) is 0.873. The maximum atomic E-state index is 12.0. The summed E-state index contributed by atoms with van der Waals surface area (Å²) in [6.07, 6.45) is 7.10. The number of nitrogens with one attached hydrogen (secondary N) is 1. The first kappa shape index (κ1) is 16.6. The fourth-order valence-electron chi connectivity index (χ4n) is 2.90. The molecule has 0 spiro atoms. The van der Waals surface area contributed by atoms with Gasteiger partial charge in [0.2, 0.25) is 0 Å². The average molecular weight is 375 g/mol. The van der Waals surface area contributed by atoms with Crippen LogP contribution in [0.15, 0.2) is 22.7 Å². The lowest BCUT2D eigenvalue weighted by atomic mass is 9.85. The van der Waals surface area contributed by atoms with Crippen LogP contribution in [0.4, 0.5) is 5.69 Å². The van der Waals surface area contributed by atoms with E-state index in [1.165, 1.54) is 39.2 Å². The molecular weight excluding hydrogens is 354 g/mol. The Balaban J connectivity index is 2.04. The van der Waals surface area contributed by atoms with Crippen LogP contribution in [0, 0.1) is 5.92 Å². The first-order chi connectivity index (χ1) is 10.1. The second-order valence-electron chi connectivity index (χ2n) is 5.59. The first-order valence-corrected chi connectivity index (χ1v) is 8.56. The topological polar surface area (TPSA) is 38.3 Å². The average Bonchev–Trinajstić information content (AvgIpc) is 2.50. The van der Waals surface area contributed by atoms with Crippen LogP contribution in [0.25, 0.3) is 0 Å². The molecule has 1 aliphatic rings. The molecule has 0 saturated heterocycles. The number of ether oxygens (including phenoxy) is 1. The predicted molar refractivity (Wildman–Crippen MR) is 89.8 cm³/mol. The summed E-state index contributed by atoms with van der Waals surface area (Å²) in [5.74, 6) is 0.401. The summed E-state index contributed by atoms with van der Waals surface area (Å²) in [5, 5.41) is 3.94. The van der Waals surface area contributed by atoms with Gasteiger partial charge in [0.1, 0.15) is 6.04 Å². The highest BCUT2D eigenvalue weighted by molar-refractivity contribution is 9.10. The van der Waals surface area contributed by atoms with E-state index in [1.54, 1.807) is 0 Å². The number of carbonyl (C=O) groups excluding carboxylic acids is 1. The lowest BCUT2D eigenvalue weighted by Gasteiger charge is -2.26. The maximum Gasteiger partial charge on any atom is 0.328 e. The van der Waals surface area contributed by atoms with E-state index in [-0.39, 0.29) is 12.0 Å². The van der Waals surface area contributed by atoms with Gasteiger partial charge in [0.15, 0.2) is 0 Å². The van der Waals surface area contributed by atoms with E-state index in [1.807, 2.05) is 18.2 Å². The number of hydrogen-bond donors (Lipinski definition) is 1. The third-order valence-corrected chi connectivity index (χ3v) is 5.25. The van der Waals surface area contributed by atoms with Crippen molar-refractivity contribution in [2.75, 3.05) is 12.4 Å². The highest BCUT2D eigenvalue weighted by Crippen LogP contribution is 2.30. The minimum atomic E-state index is -0.300. The van der Waals surface area contributed by atoms with Crippen molar-refractivity contribution in [2.45, 2.75) is 44.6 Å². The molecule has 2 rings (SSSR count). The molecule has 1 unspecified atom stereocenters. The molecule has 1 saturated carbocycles. The van der Waals surface area contributed by atoms with Crippen LogP contribution in [0.5, 0.6) is 0 Å². The zero-order valence-corrected chi connectivity index (χ0v) is 14.5. The molecule has 21 heavy (non-hydrogen) atoms. The Morgan fingerprint density at radius 2 is 2.14 bits per heavy atom. The first-order valence-electron chi connectivity index (χ1n) is 7.39. The van der Waals surface area contributed by atoms with Gasteiger partial charge in [-0.1, -0.05) is 43.7 Å². The summed E-state index contributed by atoms with van der Waals surface area (Å²) in [7, 11) is 1.44. The molecule has 0 aromatic heterocycles. The van der Waals surface area contributed by atoms with Crippen LogP contribution in [0.2, 0.25) is 5.02 Å². The third-order valence-electron chi connectivity index (χ3n) is 4.04. The molecular formula is C16H21BrClNO2. The smallest absolute Gasteiger partial charge is 0.328 e. The molecule has 1 fully saturated rings. The van der Waals surface area contributed by atoms with Crippen LogP contribution < -0.4 is 5.32 Å². The molecule has 1 aromatic carbocycles. The number of methoxy groups -OCH3 is 1. The van der Waals surface area contributed by atoms with Gasteiger partial charge in [-0.15, -0.1) is 0 Å². The molecule has 0 radical (unpaired) electrons. The summed E-state index contributed by atoms with van der Waals surface area (Å²) in [6.45, 7) is 0. The highest BCUT2D eigenvalue weighted by Gasteiger charge is 2.25. The summed E-state index contributed by atoms with van der Waals surface area (Å²) < 4.78 is 5.76. The van der Waals surface area contributed by atoms with Crippen LogP contribution in [0.3, 0.4) is 0 Å². The SMILES string of the molecule is COC(=O)C(CC1CCCCC1)Nc1ccc(Cl)c(Br)c1. The number of esters is 1. The Morgan fingerprint density at radius 3 is 2.76 bits per heavy atom. The van der Waals surface area contributed by atoms with Crippen molar-refractivity contribution in [2.24, 2.45) is 5.92 Å². The largest absolute Gasteiger partial charge is 0.467 e. The molecule has 1 N–H and O–H groups in total. The predicted octanol–water partition coefficient (Wildman–Crippen LogP) is 5.03. The Kier molecular flexibility index (Phi) is 6.37. The fourth-order valence-corrected chi connectivity index (χ4v) is 3.40.